The molecule has 0 saturated carbocycles. The maximum Gasteiger partial charge on any atom is 0.267 e. The fraction of sp³-hybridized carbons (Fsp3) is 0.222. The quantitative estimate of drug-likeness (QED) is 0.739. The van der Waals surface area contributed by atoms with Crippen LogP contribution in [0.15, 0.2) is 53.5 Å². The number of benzene rings is 1. The van der Waals surface area contributed by atoms with Crippen LogP contribution in [-0.2, 0) is 0 Å². The molecule has 116 valence electrons. The van der Waals surface area contributed by atoms with E-state index in [1.165, 1.54) is 0 Å². The Balaban J connectivity index is 2.02. The largest absolute Gasteiger partial charge is 0.399 e. The molecule has 0 aliphatic carbocycles. The molecule has 1 saturated heterocycles. The van der Waals surface area contributed by atoms with Crippen LogP contribution >= 0.6 is 0 Å². The van der Waals surface area contributed by atoms with Crippen LogP contribution in [0.1, 0.15) is 12.8 Å². The first-order chi connectivity index (χ1) is 11.2. The van der Waals surface area contributed by atoms with Gasteiger partial charge in [0.1, 0.15) is 11.5 Å². The number of nitrogens with zero attached hydrogens (tertiary/aromatic N) is 3. The zero-order valence-corrected chi connectivity index (χ0v) is 12.8. The molecule has 1 fully saturated rings. The van der Waals surface area contributed by atoms with Crippen LogP contribution in [0, 0.1) is 0 Å². The van der Waals surface area contributed by atoms with Gasteiger partial charge < -0.3 is 10.6 Å². The Labute approximate surface area is 134 Å². The average molecular weight is 306 g/mol. The molecule has 5 nitrogen and oxygen atoms in total. The van der Waals surface area contributed by atoms with E-state index in [1.54, 1.807) is 10.6 Å². The van der Waals surface area contributed by atoms with Crippen LogP contribution in [0.25, 0.3) is 16.8 Å². The van der Waals surface area contributed by atoms with Crippen molar-refractivity contribution in [2.24, 2.45) is 0 Å². The Kier molecular flexibility index (Phi) is 3.26. The molecule has 0 amide bonds. The summed E-state index contributed by atoms with van der Waals surface area (Å²) in [6.07, 6.45) is 4.03. The Bertz CT molecular complexity index is 908. The van der Waals surface area contributed by atoms with Crippen molar-refractivity contribution in [3.05, 3.63) is 59.0 Å². The van der Waals surface area contributed by atoms with E-state index in [9.17, 15) is 4.79 Å². The lowest BCUT2D eigenvalue weighted by atomic mass is 10.1. The van der Waals surface area contributed by atoms with E-state index in [1.807, 2.05) is 42.5 Å². The number of rotatable bonds is 2. The van der Waals surface area contributed by atoms with E-state index < -0.39 is 0 Å². The first-order valence-electron chi connectivity index (χ1n) is 7.86. The van der Waals surface area contributed by atoms with Crippen molar-refractivity contribution < 1.29 is 0 Å². The third-order valence-electron chi connectivity index (χ3n) is 4.32. The number of aromatic nitrogens is 2. The fourth-order valence-electron chi connectivity index (χ4n) is 3.14. The zero-order valence-electron chi connectivity index (χ0n) is 12.8. The Morgan fingerprint density at radius 1 is 1.00 bits per heavy atom. The van der Waals surface area contributed by atoms with Crippen LogP contribution in [-0.4, -0.2) is 22.5 Å². The monoisotopic (exact) mass is 306 g/mol. The number of hydrogen-bond acceptors (Lipinski definition) is 4. The number of anilines is 2. The highest BCUT2D eigenvalue weighted by Crippen LogP contribution is 2.29. The predicted molar refractivity (Wildman–Crippen MR) is 92.8 cm³/mol. The lowest BCUT2D eigenvalue weighted by Crippen LogP contribution is -2.26. The summed E-state index contributed by atoms with van der Waals surface area (Å²) in [5.74, 6) is 0.781. The van der Waals surface area contributed by atoms with Crippen LogP contribution in [0.3, 0.4) is 0 Å². The Morgan fingerprint density at radius 3 is 2.48 bits per heavy atom. The van der Waals surface area contributed by atoms with Gasteiger partial charge in [0.25, 0.3) is 5.56 Å². The Morgan fingerprint density at radius 2 is 1.74 bits per heavy atom. The van der Waals surface area contributed by atoms with Crippen molar-refractivity contribution in [1.29, 1.82) is 0 Å². The summed E-state index contributed by atoms with van der Waals surface area (Å²) in [5, 5.41) is 0. The minimum atomic E-state index is -0.0396. The first-order valence-corrected chi connectivity index (χ1v) is 7.86. The van der Waals surface area contributed by atoms with E-state index in [0.717, 1.165) is 37.3 Å². The minimum absolute atomic E-state index is 0.0396. The zero-order chi connectivity index (χ0) is 15.8. The molecule has 1 aliphatic rings. The van der Waals surface area contributed by atoms with Crippen LogP contribution in [0.4, 0.5) is 11.5 Å². The molecule has 1 aliphatic heterocycles. The van der Waals surface area contributed by atoms with Crippen LogP contribution in [0.5, 0.6) is 0 Å². The van der Waals surface area contributed by atoms with Gasteiger partial charge in [0.05, 0.1) is 5.56 Å². The fourth-order valence-corrected chi connectivity index (χ4v) is 3.14. The van der Waals surface area contributed by atoms with E-state index in [4.69, 9.17) is 10.7 Å². The first kappa shape index (κ1) is 13.8. The van der Waals surface area contributed by atoms with E-state index in [-0.39, 0.29) is 5.56 Å². The normalized spacial score (nSPS) is 14.5. The summed E-state index contributed by atoms with van der Waals surface area (Å²) in [6, 6.07) is 13.0. The third kappa shape index (κ3) is 2.34. The molecule has 5 heteroatoms. The van der Waals surface area contributed by atoms with Gasteiger partial charge in [-0.2, -0.15) is 0 Å². The lowest BCUT2D eigenvalue weighted by molar-refractivity contribution is 0.922. The molecule has 0 bridgehead atoms. The summed E-state index contributed by atoms with van der Waals surface area (Å²) in [5.41, 5.74) is 8.62. The van der Waals surface area contributed by atoms with Gasteiger partial charge in [-0.05, 0) is 42.7 Å². The summed E-state index contributed by atoms with van der Waals surface area (Å²) >= 11 is 0. The van der Waals surface area contributed by atoms with E-state index >= 15 is 0 Å². The van der Waals surface area contributed by atoms with Gasteiger partial charge in [-0.25, -0.2) is 4.98 Å². The predicted octanol–water partition coefficient (Wildman–Crippen LogP) is 2.54. The molecule has 0 atom stereocenters. The molecular formula is C18H18N4O. The van der Waals surface area contributed by atoms with Crippen molar-refractivity contribution in [3.63, 3.8) is 0 Å². The molecule has 1 aromatic carbocycles. The summed E-state index contributed by atoms with van der Waals surface area (Å²) in [7, 11) is 0. The Hall–Kier alpha value is -2.82. The molecular weight excluding hydrogens is 288 g/mol. The van der Waals surface area contributed by atoms with Gasteiger partial charge in [-0.15, -0.1) is 0 Å². The van der Waals surface area contributed by atoms with Crippen LogP contribution < -0.4 is 16.2 Å². The average Bonchev–Trinajstić information content (AvgIpc) is 3.10. The molecule has 23 heavy (non-hydrogen) atoms. The highest BCUT2D eigenvalue weighted by Gasteiger charge is 2.22. The smallest absolute Gasteiger partial charge is 0.267 e. The molecule has 0 radical (unpaired) electrons. The summed E-state index contributed by atoms with van der Waals surface area (Å²) in [4.78, 5) is 20.0. The molecule has 4 rings (SSSR count). The van der Waals surface area contributed by atoms with Gasteiger partial charge in [-0.3, -0.25) is 9.20 Å². The molecule has 0 unspecified atom stereocenters. The standard InChI is InChI=1S/C18H18N4O/c19-14-8-6-13(7-9-14)16-17(21-10-3-4-11-21)20-15-5-1-2-12-22(15)18(16)23/h1-2,5-9,12H,3-4,10-11,19H2. The number of hydrogen-bond donors (Lipinski definition) is 1. The number of nitrogens with two attached hydrogens (primary N) is 1. The second-order valence-electron chi connectivity index (χ2n) is 5.86. The van der Waals surface area contributed by atoms with Crippen molar-refractivity contribution in [3.8, 4) is 11.1 Å². The van der Waals surface area contributed by atoms with Gasteiger partial charge in [0, 0.05) is 25.0 Å². The third-order valence-corrected chi connectivity index (χ3v) is 4.32. The van der Waals surface area contributed by atoms with Crippen molar-refractivity contribution in [2.45, 2.75) is 12.8 Å². The maximum atomic E-state index is 13.1. The van der Waals surface area contributed by atoms with Gasteiger partial charge in [0.15, 0.2) is 0 Å². The van der Waals surface area contributed by atoms with Crippen molar-refractivity contribution >= 4 is 17.2 Å². The minimum Gasteiger partial charge on any atom is -0.399 e. The number of nitrogen functional groups attached to an aromatic ring is 1. The highest BCUT2D eigenvalue weighted by molar-refractivity contribution is 5.77. The topological polar surface area (TPSA) is 63.6 Å². The van der Waals surface area contributed by atoms with Gasteiger partial charge >= 0.3 is 0 Å². The molecule has 2 N–H and O–H groups in total. The maximum absolute atomic E-state index is 13.1. The van der Waals surface area contributed by atoms with Gasteiger partial charge in [0.2, 0.25) is 0 Å². The second-order valence-corrected chi connectivity index (χ2v) is 5.86. The second kappa shape index (κ2) is 5.43. The van der Waals surface area contributed by atoms with Crippen molar-refractivity contribution in [1.82, 2.24) is 9.38 Å². The molecule has 3 heterocycles. The van der Waals surface area contributed by atoms with E-state index in [2.05, 4.69) is 4.90 Å². The highest BCUT2D eigenvalue weighted by atomic mass is 16.1. The van der Waals surface area contributed by atoms with Crippen molar-refractivity contribution in [2.75, 3.05) is 23.7 Å². The lowest BCUT2D eigenvalue weighted by Gasteiger charge is -2.20. The SMILES string of the molecule is Nc1ccc(-c2c(N3CCCC3)nc3ccccn3c2=O)cc1. The summed E-state index contributed by atoms with van der Waals surface area (Å²) in [6.45, 7) is 1.88. The molecule has 0 spiro atoms. The van der Waals surface area contributed by atoms with Gasteiger partial charge in [-0.1, -0.05) is 18.2 Å². The molecule has 3 aromatic rings. The number of fused-ring (bicyclic) bond motifs is 1. The summed E-state index contributed by atoms with van der Waals surface area (Å²) < 4.78 is 1.60. The number of pyridine rings is 1. The van der Waals surface area contributed by atoms with Crippen LogP contribution in [0.2, 0.25) is 0 Å². The molecule has 2 aromatic heterocycles. The van der Waals surface area contributed by atoms with E-state index in [0.29, 0.717) is 16.9 Å².